The van der Waals surface area contributed by atoms with Crippen LogP contribution in [-0.2, 0) is 0 Å². The number of hydrogen-bond donors (Lipinski definition) is 2. The number of rotatable bonds is 3. The number of aryl methyl sites for hydroxylation is 1. The highest BCUT2D eigenvalue weighted by atomic mass is 79.9. The van der Waals surface area contributed by atoms with Crippen molar-refractivity contribution in [1.29, 1.82) is 0 Å². The summed E-state index contributed by atoms with van der Waals surface area (Å²) in [5.74, 6) is 5.34. The van der Waals surface area contributed by atoms with E-state index in [1.807, 2.05) is 24.3 Å². The third-order valence-electron chi connectivity index (χ3n) is 2.99. The first kappa shape index (κ1) is 14.5. The van der Waals surface area contributed by atoms with Crippen molar-refractivity contribution in [3.05, 3.63) is 68.4 Å². The largest absolute Gasteiger partial charge is 0.271 e. The van der Waals surface area contributed by atoms with E-state index in [1.165, 1.54) is 6.07 Å². The lowest BCUT2D eigenvalue weighted by Gasteiger charge is -2.19. The Morgan fingerprint density at radius 1 is 1.32 bits per heavy atom. The molecule has 1 atom stereocenters. The Hall–Kier alpha value is -0.940. The maximum Gasteiger partial charge on any atom is 0.126 e. The topological polar surface area (TPSA) is 38.0 Å². The van der Waals surface area contributed by atoms with Crippen LogP contribution in [0.15, 0.2) is 40.9 Å². The summed E-state index contributed by atoms with van der Waals surface area (Å²) in [6.45, 7) is 1.72. The molecule has 0 aromatic heterocycles. The molecule has 2 aromatic rings. The summed E-state index contributed by atoms with van der Waals surface area (Å²) in [5, 5.41) is 0.562. The van der Waals surface area contributed by atoms with Crippen molar-refractivity contribution in [3.63, 3.8) is 0 Å². The monoisotopic (exact) mass is 342 g/mol. The molecule has 0 fully saturated rings. The third-order valence-corrected chi connectivity index (χ3v) is 4.30. The Labute approximate surface area is 124 Å². The van der Waals surface area contributed by atoms with Crippen LogP contribution in [0.4, 0.5) is 4.39 Å². The van der Waals surface area contributed by atoms with Crippen molar-refractivity contribution in [2.75, 3.05) is 0 Å². The highest BCUT2D eigenvalue weighted by Crippen LogP contribution is 2.33. The van der Waals surface area contributed by atoms with Gasteiger partial charge in [-0.05, 0) is 51.7 Å². The van der Waals surface area contributed by atoms with Gasteiger partial charge in [0.1, 0.15) is 5.82 Å². The average molecular weight is 344 g/mol. The Morgan fingerprint density at radius 3 is 2.68 bits per heavy atom. The summed E-state index contributed by atoms with van der Waals surface area (Å²) < 4.78 is 14.4. The van der Waals surface area contributed by atoms with Gasteiger partial charge in [0, 0.05) is 4.47 Å². The van der Waals surface area contributed by atoms with Gasteiger partial charge in [0.05, 0.1) is 11.1 Å². The molecule has 0 aliphatic heterocycles. The predicted octanol–water partition coefficient (Wildman–Crippen LogP) is 4.10. The summed E-state index contributed by atoms with van der Waals surface area (Å²) in [7, 11) is 0. The zero-order valence-corrected chi connectivity index (χ0v) is 12.6. The minimum Gasteiger partial charge on any atom is -0.271 e. The van der Waals surface area contributed by atoms with Gasteiger partial charge in [0.25, 0.3) is 0 Å². The number of hydrazine groups is 1. The second-order valence-corrected chi connectivity index (χ2v) is 5.48. The van der Waals surface area contributed by atoms with Crippen LogP contribution in [0.1, 0.15) is 22.7 Å². The molecular weight excluding hydrogens is 331 g/mol. The molecular formula is C14H13BrClFN2. The van der Waals surface area contributed by atoms with E-state index in [0.29, 0.717) is 10.6 Å². The molecule has 2 rings (SSSR count). The fourth-order valence-electron chi connectivity index (χ4n) is 1.90. The lowest BCUT2D eigenvalue weighted by Crippen LogP contribution is -2.29. The SMILES string of the molecule is Cc1ccc(C(NN)c2cccc(Br)c2Cl)cc1F. The summed E-state index contributed by atoms with van der Waals surface area (Å²) in [5.41, 5.74) is 4.80. The van der Waals surface area contributed by atoms with Crippen LogP contribution in [0, 0.1) is 12.7 Å². The molecule has 5 heteroatoms. The molecule has 0 bridgehead atoms. The standard InChI is InChI=1S/C14H13BrClFN2/c1-8-5-6-9(7-12(8)17)14(19-18)10-3-2-4-11(15)13(10)16/h2-7,14,19H,18H2,1H3. The molecule has 0 radical (unpaired) electrons. The summed E-state index contributed by atoms with van der Waals surface area (Å²) in [4.78, 5) is 0. The Kier molecular flexibility index (Phi) is 4.58. The maximum atomic E-state index is 13.7. The third kappa shape index (κ3) is 2.98. The average Bonchev–Trinajstić information content (AvgIpc) is 2.39. The first-order valence-electron chi connectivity index (χ1n) is 5.70. The van der Waals surface area contributed by atoms with Crippen molar-refractivity contribution in [1.82, 2.24) is 5.43 Å². The smallest absolute Gasteiger partial charge is 0.126 e. The molecule has 0 aliphatic carbocycles. The van der Waals surface area contributed by atoms with Gasteiger partial charge in [-0.3, -0.25) is 5.84 Å². The van der Waals surface area contributed by atoms with E-state index < -0.39 is 0 Å². The predicted molar refractivity (Wildman–Crippen MR) is 79.5 cm³/mol. The van der Waals surface area contributed by atoms with Crippen molar-refractivity contribution in [3.8, 4) is 0 Å². The molecule has 0 aliphatic rings. The molecule has 3 N–H and O–H groups in total. The van der Waals surface area contributed by atoms with Crippen molar-refractivity contribution >= 4 is 27.5 Å². The Bertz CT molecular complexity index is 604. The van der Waals surface area contributed by atoms with Gasteiger partial charge in [-0.1, -0.05) is 35.9 Å². The van der Waals surface area contributed by atoms with Crippen LogP contribution in [0.2, 0.25) is 5.02 Å². The van der Waals surface area contributed by atoms with Crippen LogP contribution < -0.4 is 11.3 Å². The first-order valence-corrected chi connectivity index (χ1v) is 6.87. The van der Waals surface area contributed by atoms with Crippen molar-refractivity contribution < 1.29 is 4.39 Å². The van der Waals surface area contributed by atoms with Crippen molar-refractivity contribution in [2.45, 2.75) is 13.0 Å². The number of hydrogen-bond acceptors (Lipinski definition) is 2. The fourth-order valence-corrected chi connectivity index (χ4v) is 2.51. The minimum atomic E-state index is -0.361. The van der Waals surface area contributed by atoms with E-state index in [2.05, 4.69) is 21.4 Å². The number of nitrogens with one attached hydrogen (secondary N) is 1. The van der Waals surface area contributed by atoms with Gasteiger partial charge in [-0.2, -0.15) is 0 Å². The highest BCUT2D eigenvalue weighted by molar-refractivity contribution is 9.10. The van der Waals surface area contributed by atoms with Gasteiger partial charge >= 0.3 is 0 Å². The van der Waals surface area contributed by atoms with Gasteiger partial charge in [-0.15, -0.1) is 0 Å². The number of nitrogens with two attached hydrogens (primary N) is 1. The van der Waals surface area contributed by atoms with E-state index in [0.717, 1.165) is 15.6 Å². The van der Waals surface area contributed by atoms with Gasteiger partial charge in [0.15, 0.2) is 0 Å². The summed E-state index contributed by atoms with van der Waals surface area (Å²) in [6.07, 6.45) is 0. The van der Waals surface area contributed by atoms with E-state index in [9.17, 15) is 4.39 Å². The molecule has 100 valence electrons. The molecule has 0 heterocycles. The van der Waals surface area contributed by atoms with E-state index >= 15 is 0 Å². The molecule has 0 saturated carbocycles. The zero-order chi connectivity index (χ0) is 14.0. The normalized spacial score (nSPS) is 12.5. The molecule has 0 amide bonds. The molecule has 2 aromatic carbocycles. The lowest BCUT2D eigenvalue weighted by molar-refractivity contribution is 0.599. The quantitative estimate of drug-likeness (QED) is 0.650. The van der Waals surface area contributed by atoms with Crippen LogP contribution in [0.5, 0.6) is 0 Å². The molecule has 2 nitrogen and oxygen atoms in total. The van der Waals surface area contributed by atoms with Crippen LogP contribution >= 0.6 is 27.5 Å². The summed E-state index contributed by atoms with van der Waals surface area (Å²) >= 11 is 9.62. The van der Waals surface area contributed by atoms with E-state index in [-0.39, 0.29) is 11.9 Å². The highest BCUT2D eigenvalue weighted by Gasteiger charge is 2.17. The first-order chi connectivity index (χ1) is 9.04. The zero-order valence-electron chi connectivity index (χ0n) is 10.3. The molecule has 1 unspecified atom stereocenters. The van der Waals surface area contributed by atoms with Gasteiger partial charge < -0.3 is 0 Å². The maximum absolute atomic E-state index is 13.7. The lowest BCUT2D eigenvalue weighted by atomic mass is 9.98. The second-order valence-electron chi connectivity index (χ2n) is 4.25. The van der Waals surface area contributed by atoms with Crippen LogP contribution in [0.25, 0.3) is 0 Å². The van der Waals surface area contributed by atoms with Crippen molar-refractivity contribution in [2.24, 2.45) is 5.84 Å². The minimum absolute atomic E-state index is 0.260. The molecule has 19 heavy (non-hydrogen) atoms. The van der Waals surface area contributed by atoms with Gasteiger partial charge in [0.2, 0.25) is 0 Å². The fraction of sp³-hybridized carbons (Fsp3) is 0.143. The number of benzene rings is 2. The number of halogens is 3. The van der Waals surface area contributed by atoms with E-state index in [1.54, 1.807) is 13.0 Å². The van der Waals surface area contributed by atoms with E-state index in [4.69, 9.17) is 17.4 Å². The Balaban J connectivity index is 2.50. The molecule has 0 saturated heterocycles. The second kappa shape index (κ2) is 6.01. The van der Waals surface area contributed by atoms with Gasteiger partial charge in [-0.25, -0.2) is 9.82 Å². The summed E-state index contributed by atoms with van der Waals surface area (Å²) in [6, 6.07) is 10.2. The van der Waals surface area contributed by atoms with Crippen LogP contribution in [-0.4, -0.2) is 0 Å². The molecule has 0 spiro atoms. The van der Waals surface area contributed by atoms with Crippen LogP contribution in [0.3, 0.4) is 0 Å². The Morgan fingerprint density at radius 2 is 2.05 bits per heavy atom.